The average molecular weight is 342 g/mol. The number of carbonyl (C=O) groups is 1. The smallest absolute Gasteiger partial charge is 0.275 e. The zero-order valence-corrected chi connectivity index (χ0v) is 13.9. The largest absolute Gasteiger partial charge is 0.463 e. The van der Waals surface area contributed by atoms with Crippen LogP contribution >= 0.6 is 11.6 Å². The molecule has 0 saturated heterocycles. The summed E-state index contributed by atoms with van der Waals surface area (Å²) in [5.74, 6) is 0.620. The number of hydrogen-bond acceptors (Lipinski definition) is 3. The molecule has 1 atom stereocenters. The van der Waals surface area contributed by atoms with E-state index < -0.39 is 0 Å². The van der Waals surface area contributed by atoms with E-state index in [4.69, 9.17) is 16.0 Å². The predicted octanol–water partition coefficient (Wildman–Crippen LogP) is 4.28. The molecule has 24 heavy (non-hydrogen) atoms. The fourth-order valence-electron chi connectivity index (χ4n) is 3.26. The molecule has 0 saturated carbocycles. The Balaban J connectivity index is 1.89. The SMILES string of the molecule is CCCN1C(=O)c2n[nH]c(-c3ccco3)c2C1c1ccc(Cl)cc1. The molecule has 1 amide bonds. The molecule has 5 nitrogen and oxygen atoms in total. The topological polar surface area (TPSA) is 62.1 Å². The van der Waals surface area contributed by atoms with E-state index in [1.165, 1.54) is 0 Å². The monoisotopic (exact) mass is 341 g/mol. The number of furan rings is 1. The molecule has 6 heteroatoms. The zero-order valence-electron chi connectivity index (χ0n) is 13.1. The number of carbonyl (C=O) groups excluding carboxylic acids is 1. The number of nitrogens with one attached hydrogen (secondary N) is 1. The van der Waals surface area contributed by atoms with Crippen LogP contribution in [0.2, 0.25) is 5.02 Å². The molecule has 1 unspecified atom stereocenters. The highest BCUT2D eigenvalue weighted by Gasteiger charge is 2.42. The first-order valence-corrected chi connectivity index (χ1v) is 8.27. The summed E-state index contributed by atoms with van der Waals surface area (Å²) < 4.78 is 5.51. The van der Waals surface area contributed by atoms with Crippen molar-refractivity contribution < 1.29 is 9.21 Å². The van der Waals surface area contributed by atoms with Gasteiger partial charge in [-0.2, -0.15) is 5.10 Å². The van der Waals surface area contributed by atoms with Crippen molar-refractivity contribution in [2.24, 2.45) is 0 Å². The minimum atomic E-state index is -0.191. The highest BCUT2D eigenvalue weighted by atomic mass is 35.5. The summed E-state index contributed by atoms with van der Waals surface area (Å²) in [5, 5.41) is 7.89. The Morgan fingerprint density at radius 1 is 1.29 bits per heavy atom. The molecule has 122 valence electrons. The summed E-state index contributed by atoms with van der Waals surface area (Å²) in [6.07, 6.45) is 2.49. The molecule has 1 N–H and O–H groups in total. The first-order valence-electron chi connectivity index (χ1n) is 7.89. The number of H-pyrrole nitrogens is 1. The van der Waals surface area contributed by atoms with Gasteiger partial charge >= 0.3 is 0 Å². The maximum atomic E-state index is 12.8. The van der Waals surface area contributed by atoms with Crippen molar-refractivity contribution in [2.45, 2.75) is 19.4 Å². The standard InChI is InChI=1S/C18H16ClN3O2/c1-2-9-22-17(11-5-7-12(19)8-6-11)14-15(13-4-3-10-24-13)20-21-16(14)18(22)23/h3-8,10,17H,2,9H2,1H3,(H,20,21). The fraction of sp³-hybridized carbons (Fsp3) is 0.222. The summed E-state index contributed by atoms with van der Waals surface area (Å²) in [4.78, 5) is 14.7. The van der Waals surface area contributed by atoms with Gasteiger partial charge in [0.1, 0.15) is 5.69 Å². The molecule has 1 aliphatic heterocycles. The van der Waals surface area contributed by atoms with E-state index in [2.05, 4.69) is 17.1 Å². The maximum Gasteiger partial charge on any atom is 0.275 e. The van der Waals surface area contributed by atoms with Crippen molar-refractivity contribution in [2.75, 3.05) is 6.54 Å². The second kappa shape index (κ2) is 5.83. The lowest BCUT2D eigenvalue weighted by molar-refractivity contribution is 0.0744. The Kier molecular flexibility index (Phi) is 3.65. The molecule has 0 bridgehead atoms. The second-order valence-electron chi connectivity index (χ2n) is 5.79. The molecule has 1 aliphatic rings. The van der Waals surface area contributed by atoms with Gasteiger partial charge in [0.05, 0.1) is 12.3 Å². The molecule has 2 aromatic heterocycles. The van der Waals surface area contributed by atoms with Crippen LogP contribution in [0, 0.1) is 0 Å². The van der Waals surface area contributed by atoms with E-state index in [0.29, 0.717) is 23.0 Å². The molecule has 3 heterocycles. The second-order valence-corrected chi connectivity index (χ2v) is 6.23. The summed E-state index contributed by atoms with van der Waals surface area (Å²) in [6, 6.07) is 11.1. The van der Waals surface area contributed by atoms with Gasteiger partial charge in [-0.25, -0.2) is 0 Å². The van der Waals surface area contributed by atoms with E-state index in [-0.39, 0.29) is 11.9 Å². The molecule has 1 aromatic carbocycles. The fourth-order valence-corrected chi connectivity index (χ4v) is 3.39. The third-order valence-corrected chi connectivity index (χ3v) is 4.52. The van der Waals surface area contributed by atoms with Gasteiger partial charge in [0.15, 0.2) is 11.5 Å². The van der Waals surface area contributed by atoms with Crippen molar-refractivity contribution in [3.8, 4) is 11.5 Å². The van der Waals surface area contributed by atoms with Crippen LogP contribution in [0.3, 0.4) is 0 Å². The van der Waals surface area contributed by atoms with Gasteiger partial charge in [0.2, 0.25) is 0 Å². The van der Waals surface area contributed by atoms with Gasteiger partial charge in [-0.1, -0.05) is 30.7 Å². The van der Waals surface area contributed by atoms with Gasteiger partial charge < -0.3 is 9.32 Å². The lowest BCUT2D eigenvalue weighted by Crippen LogP contribution is -2.30. The van der Waals surface area contributed by atoms with Crippen molar-refractivity contribution in [3.63, 3.8) is 0 Å². The summed E-state index contributed by atoms with van der Waals surface area (Å²) in [6.45, 7) is 2.72. The molecule has 0 fully saturated rings. The van der Waals surface area contributed by atoms with Crippen LogP contribution < -0.4 is 0 Å². The molecule has 0 aliphatic carbocycles. The van der Waals surface area contributed by atoms with E-state index in [1.807, 2.05) is 41.3 Å². The summed E-state index contributed by atoms with van der Waals surface area (Å²) in [5.41, 5.74) is 3.09. The van der Waals surface area contributed by atoms with E-state index in [1.54, 1.807) is 6.26 Å². The summed E-state index contributed by atoms with van der Waals surface area (Å²) in [7, 11) is 0. The number of amides is 1. The number of benzene rings is 1. The van der Waals surface area contributed by atoms with Gasteiger partial charge in [0, 0.05) is 17.1 Å². The van der Waals surface area contributed by atoms with Gasteiger partial charge in [-0.15, -0.1) is 0 Å². The first-order chi connectivity index (χ1) is 11.7. The van der Waals surface area contributed by atoms with Crippen molar-refractivity contribution >= 4 is 17.5 Å². The van der Waals surface area contributed by atoms with Crippen molar-refractivity contribution in [1.29, 1.82) is 0 Å². The minimum Gasteiger partial charge on any atom is -0.463 e. The van der Waals surface area contributed by atoms with Crippen LogP contribution in [-0.2, 0) is 0 Å². The van der Waals surface area contributed by atoms with Gasteiger partial charge in [0.25, 0.3) is 5.91 Å². The van der Waals surface area contributed by atoms with E-state index in [0.717, 1.165) is 23.2 Å². The van der Waals surface area contributed by atoms with E-state index >= 15 is 0 Å². The normalized spacial score (nSPS) is 16.7. The highest BCUT2D eigenvalue weighted by molar-refractivity contribution is 6.30. The van der Waals surface area contributed by atoms with Crippen molar-refractivity contribution in [1.82, 2.24) is 15.1 Å². The number of rotatable bonds is 4. The highest BCUT2D eigenvalue weighted by Crippen LogP contribution is 2.42. The predicted molar refractivity (Wildman–Crippen MR) is 90.9 cm³/mol. The Bertz CT molecular complexity index is 868. The number of fused-ring (bicyclic) bond motifs is 1. The van der Waals surface area contributed by atoms with Crippen molar-refractivity contribution in [3.05, 3.63) is 64.5 Å². The van der Waals surface area contributed by atoms with E-state index in [9.17, 15) is 4.79 Å². The number of hydrogen-bond donors (Lipinski definition) is 1. The van der Waals surface area contributed by atoms with Crippen LogP contribution in [0.25, 0.3) is 11.5 Å². The Morgan fingerprint density at radius 2 is 2.08 bits per heavy atom. The van der Waals surface area contributed by atoms with Crippen LogP contribution in [0.15, 0.2) is 47.1 Å². The van der Waals surface area contributed by atoms with Crippen LogP contribution in [0.5, 0.6) is 0 Å². The van der Waals surface area contributed by atoms with Crippen LogP contribution in [0.1, 0.15) is 41.0 Å². The minimum absolute atomic E-state index is 0.0548. The molecular weight excluding hydrogens is 326 g/mol. The lowest BCUT2D eigenvalue weighted by Gasteiger charge is -2.25. The number of halogens is 1. The van der Waals surface area contributed by atoms with Gasteiger partial charge in [-0.3, -0.25) is 9.89 Å². The molecule has 0 spiro atoms. The first kappa shape index (κ1) is 15.0. The summed E-state index contributed by atoms with van der Waals surface area (Å²) >= 11 is 6.02. The third kappa shape index (κ3) is 2.24. The average Bonchev–Trinajstić information content (AvgIpc) is 3.28. The van der Waals surface area contributed by atoms with Crippen LogP contribution in [-0.4, -0.2) is 27.5 Å². The molecule has 3 aromatic rings. The Morgan fingerprint density at radius 3 is 2.75 bits per heavy atom. The molecule has 4 rings (SSSR count). The quantitative estimate of drug-likeness (QED) is 0.770. The Labute approximate surface area is 144 Å². The molecule has 0 radical (unpaired) electrons. The number of aromatic amines is 1. The number of aromatic nitrogens is 2. The molecular formula is C18H16ClN3O2. The van der Waals surface area contributed by atoms with Crippen LogP contribution in [0.4, 0.5) is 0 Å². The zero-order chi connectivity index (χ0) is 16.7. The maximum absolute atomic E-state index is 12.8. The number of nitrogens with zero attached hydrogens (tertiary/aromatic N) is 2. The Hall–Kier alpha value is -2.53. The van der Waals surface area contributed by atoms with Gasteiger partial charge in [-0.05, 0) is 36.2 Å². The third-order valence-electron chi connectivity index (χ3n) is 4.27. The lowest BCUT2D eigenvalue weighted by atomic mass is 9.98.